The number of nitrogens with zero attached hydrogens (tertiary/aromatic N) is 2. The zero-order chi connectivity index (χ0) is 16.4. The van der Waals surface area contributed by atoms with Crippen LogP contribution in [0.3, 0.4) is 0 Å². The van der Waals surface area contributed by atoms with Gasteiger partial charge in [-0.1, -0.05) is 11.6 Å². The lowest BCUT2D eigenvalue weighted by Crippen LogP contribution is -1.86. The number of hydrogen-bond acceptors (Lipinski definition) is 3. The van der Waals surface area contributed by atoms with Gasteiger partial charge in [-0.2, -0.15) is 0 Å². The second-order valence-electron chi connectivity index (χ2n) is 4.54. The van der Waals surface area contributed by atoms with Crippen LogP contribution in [0.15, 0.2) is 45.9 Å². The SMILES string of the molecule is COc1c(Br)cnc2[nH]ccc12.Clc1c(Br)cnc2[nH]ccc12. The molecular formula is C15H11Br2ClN4O. The van der Waals surface area contributed by atoms with Gasteiger partial charge in [0.15, 0.2) is 0 Å². The highest BCUT2D eigenvalue weighted by Crippen LogP contribution is 2.31. The predicted octanol–water partition coefficient (Wildman–Crippen LogP) is 5.31. The Labute approximate surface area is 153 Å². The summed E-state index contributed by atoms with van der Waals surface area (Å²) < 4.78 is 6.91. The molecule has 0 saturated carbocycles. The highest BCUT2D eigenvalue weighted by molar-refractivity contribution is 9.10. The second-order valence-corrected chi connectivity index (χ2v) is 6.63. The van der Waals surface area contributed by atoms with Crippen LogP contribution in [0.5, 0.6) is 5.75 Å². The molecule has 4 aromatic heterocycles. The summed E-state index contributed by atoms with van der Waals surface area (Å²) in [6.45, 7) is 0. The van der Waals surface area contributed by atoms with E-state index >= 15 is 0 Å². The number of halogens is 3. The normalized spacial score (nSPS) is 10.6. The van der Waals surface area contributed by atoms with Gasteiger partial charge in [0.25, 0.3) is 0 Å². The Hall–Kier alpha value is -1.57. The van der Waals surface area contributed by atoms with E-state index in [0.29, 0.717) is 5.02 Å². The van der Waals surface area contributed by atoms with E-state index in [1.165, 1.54) is 0 Å². The fraction of sp³-hybridized carbons (Fsp3) is 0.0667. The molecule has 4 aromatic rings. The Morgan fingerprint density at radius 1 is 0.957 bits per heavy atom. The molecule has 2 N–H and O–H groups in total. The summed E-state index contributed by atoms with van der Waals surface area (Å²) in [5.74, 6) is 0.821. The number of ether oxygens (including phenoxy) is 1. The topological polar surface area (TPSA) is 66.6 Å². The number of rotatable bonds is 1. The Morgan fingerprint density at radius 2 is 1.52 bits per heavy atom. The van der Waals surface area contributed by atoms with E-state index < -0.39 is 0 Å². The van der Waals surface area contributed by atoms with E-state index in [0.717, 1.165) is 36.8 Å². The van der Waals surface area contributed by atoms with Crippen LogP contribution < -0.4 is 4.74 Å². The Balaban J connectivity index is 0.000000136. The van der Waals surface area contributed by atoms with Crippen molar-refractivity contribution in [1.82, 2.24) is 19.9 Å². The number of aromatic nitrogens is 4. The van der Waals surface area contributed by atoms with E-state index in [-0.39, 0.29) is 0 Å². The van der Waals surface area contributed by atoms with Crippen LogP contribution in [0, 0.1) is 0 Å². The molecule has 0 bridgehead atoms. The number of fused-ring (bicyclic) bond motifs is 2. The maximum atomic E-state index is 5.96. The third kappa shape index (κ3) is 3.22. The third-order valence-corrected chi connectivity index (χ3v) is 4.98. The first-order chi connectivity index (χ1) is 11.1. The first-order valence-corrected chi connectivity index (χ1v) is 8.51. The average molecular weight is 459 g/mol. The Kier molecular flexibility index (Phi) is 4.89. The van der Waals surface area contributed by atoms with Crippen molar-refractivity contribution >= 4 is 65.5 Å². The molecular weight excluding hydrogens is 447 g/mol. The summed E-state index contributed by atoms with van der Waals surface area (Å²) in [6.07, 6.45) is 7.06. The van der Waals surface area contributed by atoms with Crippen LogP contribution in [0.1, 0.15) is 0 Å². The van der Waals surface area contributed by atoms with E-state index in [2.05, 4.69) is 51.8 Å². The largest absolute Gasteiger partial charge is 0.495 e. The number of hydrogen-bond donors (Lipinski definition) is 2. The van der Waals surface area contributed by atoms with Crippen molar-refractivity contribution in [1.29, 1.82) is 0 Å². The molecule has 4 heterocycles. The predicted molar refractivity (Wildman–Crippen MR) is 99.1 cm³/mol. The lowest BCUT2D eigenvalue weighted by molar-refractivity contribution is 0.417. The molecule has 0 aromatic carbocycles. The summed E-state index contributed by atoms with van der Waals surface area (Å²) in [5, 5.41) is 2.64. The average Bonchev–Trinajstić information content (AvgIpc) is 3.20. The van der Waals surface area contributed by atoms with Crippen LogP contribution >= 0.6 is 43.5 Å². The van der Waals surface area contributed by atoms with Gasteiger partial charge in [0.05, 0.1) is 26.5 Å². The zero-order valence-corrected chi connectivity index (χ0v) is 15.8. The van der Waals surface area contributed by atoms with Crippen LogP contribution in [0.25, 0.3) is 22.1 Å². The van der Waals surface area contributed by atoms with Crippen molar-refractivity contribution in [2.24, 2.45) is 0 Å². The van der Waals surface area contributed by atoms with Gasteiger partial charge in [-0.3, -0.25) is 0 Å². The molecule has 4 rings (SSSR count). The molecule has 0 aliphatic rings. The van der Waals surface area contributed by atoms with Gasteiger partial charge in [0.2, 0.25) is 0 Å². The summed E-state index contributed by atoms with van der Waals surface area (Å²) in [5.41, 5.74) is 1.66. The maximum absolute atomic E-state index is 5.96. The van der Waals surface area contributed by atoms with E-state index in [1.54, 1.807) is 19.5 Å². The highest BCUT2D eigenvalue weighted by Gasteiger charge is 2.06. The number of nitrogens with one attached hydrogen (secondary N) is 2. The molecule has 0 aliphatic carbocycles. The summed E-state index contributed by atoms with van der Waals surface area (Å²) in [7, 11) is 1.65. The van der Waals surface area contributed by atoms with Crippen molar-refractivity contribution in [2.45, 2.75) is 0 Å². The van der Waals surface area contributed by atoms with Gasteiger partial charge in [-0.05, 0) is 44.0 Å². The summed E-state index contributed by atoms with van der Waals surface area (Å²) in [4.78, 5) is 14.3. The molecule has 0 unspecified atom stereocenters. The molecule has 23 heavy (non-hydrogen) atoms. The maximum Gasteiger partial charge on any atom is 0.145 e. The molecule has 118 valence electrons. The van der Waals surface area contributed by atoms with Gasteiger partial charge in [-0.15, -0.1) is 0 Å². The van der Waals surface area contributed by atoms with E-state index in [9.17, 15) is 0 Å². The first kappa shape index (κ1) is 16.3. The minimum absolute atomic E-state index is 0.705. The molecule has 0 saturated heterocycles. The summed E-state index contributed by atoms with van der Waals surface area (Å²) >= 11 is 12.6. The van der Waals surface area contributed by atoms with Crippen molar-refractivity contribution in [3.8, 4) is 5.75 Å². The third-order valence-electron chi connectivity index (χ3n) is 3.18. The van der Waals surface area contributed by atoms with Crippen molar-refractivity contribution in [2.75, 3.05) is 7.11 Å². The molecule has 0 radical (unpaired) electrons. The van der Waals surface area contributed by atoms with E-state index in [1.807, 2.05) is 24.5 Å². The van der Waals surface area contributed by atoms with Crippen LogP contribution in [-0.4, -0.2) is 27.0 Å². The molecule has 5 nitrogen and oxygen atoms in total. The van der Waals surface area contributed by atoms with Gasteiger partial charge >= 0.3 is 0 Å². The van der Waals surface area contributed by atoms with Gasteiger partial charge < -0.3 is 14.7 Å². The monoisotopic (exact) mass is 456 g/mol. The Morgan fingerprint density at radius 3 is 2.17 bits per heavy atom. The lowest BCUT2D eigenvalue weighted by atomic mass is 10.3. The van der Waals surface area contributed by atoms with Crippen molar-refractivity contribution in [3.05, 3.63) is 50.9 Å². The van der Waals surface area contributed by atoms with E-state index in [4.69, 9.17) is 16.3 Å². The van der Waals surface area contributed by atoms with Crippen LogP contribution in [0.2, 0.25) is 5.02 Å². The highest BCUT2D eigenvalue weighted by atomic mass is 79.9. The molecule has 0 aliphatic heterocycles. The Bertz CT molecular complexity index is 967. The quantitative estimate of drug-likeness (QED) is 0.406. The fourth-order valence-electron chi connectivity index (χ4n) is 2.12. The number of aromatic amines is 2. The first-order valence-electron chi connectivity index (χ1n) is 6.54. The van der Waals surface area contributed by atoms with Crippen LogP contribution in [-0.2, 0) is 0 Å². The lowest BCUT2D eigenvalue weighted by Gasteiger charge is -2.02. The fourth-order valence-corrected chi connectivity index (χ4v) is 3.11. The second kappa shape index (κ2) is 6.90. The zero-order valence-electron chi connectivity index (χ0n) is 11.9. The molecule has 0 fully saturated rings. The number of methoxy groups -OCH3 is 1. The standard InChI is InChI=1S/C8H7BrN2O.C7H4BrClN2/c1-12-7-5-2-3-10-8(5)11-4-6(7)9;8-5-3-11-7-4(6(5)9)1-2-10-7/h2-4H,1H3,(H,10,11);1-3H,(H,10,11). The number of H-pyrrole nitrogens is 2. The molecule has 8 heteroatoms. The smallest absolute Gasteiger partial charge is 0.145 e. The van der Waals surface area contributed by atoms with Crippen molar-refractivity contribution < 1.29 is 4.74 Å². The number of pyridine rings is 2. The van der Waals surface area contributed by atoms with Crippen LogP contribution in [0.4, 0.5) is 0 Å². The van der Waals surface area contributed by atoms with Gasteiger partial charge in [0, 0.05) is 30.2 Å². The minimum atomic E-state index is 0.705. The molecule has 0 spiro atoms. The van der Waals surface area contributed by atoms with Crippen molar-refractivity contribution in [3.63, 3.8) is 0 Å². The molecule has 0 atom stereocenters. The van der Waals surface area contributed by atoms with Gasteiger partial charge in [-0.25, -0.2) is 9.97 Å². The summed E-state index contributed by atoms with van der Waals surface area (Å²) in [6, 6.07) is 3.83. The molecule has 0 amide bonds. The van der Waals surface area contributed by atoms with Gasteiger partial charge in [0.1, 0.15) is 17.0 Å². The minimum Gasteiger partial charge on any atom is -0.495 e.